The molecule has 0 aromatic heterocycles. The van der Waals surface area contributed by atoms with Crippen LogP contribution in [0, 0.1) is 0 Å². The lowest BCUT2D eigenvalue weighted by molar-refractivity contribution is -0.139. The predicted molar refractivity (Wildman–Crippen MR) is 164 cm³/mol. The van der Waals surface area contributed by atoms with Gasteiger partial charge in [-0.15, -0.1) is 0 Å². The second kappa shape index (κ2) is 14.4. The van der Waals surface area contributed by atoms with Crippen LogP contribution in [0.5, 0.6) is 0 Å². The van der Waals surface area contributed by atoms with Crippen LogP contribution < -0.4 is 15.8 Å². The summed E-state index contributed by atoms with van der Waals surface area (Å²) in [5, 5.41) is 3.20. The van der Waals surface area contributed by atoms with Crippen molar-refractivity contribution in [3.05, 3.63) is 76.3 Å². The van der Waals surface area contributed by atoms with E-state index in [1.165, 1.54) is 4.90 Å². The van der Waals surface area contributed by atoms with Crippen molar-refractivity contribution >= 4 is 38.3 Å². The first-order valence-corrected chi connectivity index (χ1v) is 15.6. The van der Waals surface area contributed by atoms with Gasteiger partial charge in [0.2, 0.25) is 21.8 Å². The van der Waals surface area contributed by atoms with Crippen LogP contribution in [-0.4, -0.2) is 61.9 Å². The standard InChI is InChI=1S/C28H37ClN4O5S.C2H6/c1-6-33(16-22-24(20-12-14-21(29)15-13-20)39(36,37)32-28(22,4)5)25(34)23(31-26(35)27(2,3)30)18-38-17-19-10-8-7-9-11-19;1-2/h7-15,23,32H,6,16-18,30H2,1-5H3,(H,31,35);1-2H3/t23-;/m1./s1. The highest BCUT2D eigenvalue weighted by atomic mass is 35.5. The molecule has 2 amide bonds. The molecule has 9 nitrogen and oxygen atoms in total. The molecule has 0 bridgehead atoms. The van der Waals surface area contributed by atoms with Crippen LogP contribution in [0.1, 0.15) is 59.6 Å². The van der Waals surface area contributed by atoms with Crippen LogP contribution in [-0.2, 0) is 31.0 Å². The van der Waals surface area contributed by atoms with Crippen LogP contribution in [0.3, 0.4) is 0 Å². The molecule has 0 radical (unpaired) electrons. The lowest BCUT2D eigenvalue weighted by Gasteiger charge is -2.32. The number of nitrogens with zero attached hydrogens (tertiary/aromatic N) is 1. The molecule has 0 unspecified atom stereocenters. The van der Waals surface area contributed by atoms with Gasteiger partial charge in [0.05, 0.1) is 29.2 Å². The second-order valence-electron chi connectivity index (χ2n) is 10.6. The Morgan fingerprint density at radius 3 is 2.22 bits per heavy atom. The smallest absolute Gasteiger partial charge is 0.247 e. The quantitative estimate of drug-likeness (QED) is 0.353. The molecular weight excluding hydrogens is 564 g/mol. The van der Waals surface area contributed by atoms with Crippen molar-refractivity contribution in [3.8, 4) is 0 Å². The molecule has 0 saturated carbocycles. The van der Waals surface area contributed by atoms with E-state index in [0.29, 0.717) is 16.2 Å². The predicted octanol–water partition coefficient (Wildman–Crippen LogP) is 4.08. The van der Waals surface area contributed by atoms with E-state index < -0.39 is 39.0 Å². The Hall–Kier alpha value is -2.76. The number of ether oxygens (including phenoxy) is 1. The van der Waals surface area contributed by atoms with Gasteiger partial charge in [-0.05, 0) is 63.5 Å². The lowest BCUT2D eigenvalue weighted by Crippen LogP contribution is -2.58. The van der Waals surface area contributed by atoms with Crippen LogP contribution in [0.25, 0.3) is 4.91 Å². The summed E-state index contributed by atoms with van der Waals surface area (Å²) in [7, 11) is -3.86. The molecule has 1 atom stereocenters. The van der Waals surface area contributed by atoms with Crippen molar-refractivity contribution < 1.29 is 22.7 Å². The van der Waals surface area contributed by atoms with Gasteiger partial charge in [0.15, 0.2) is 0 Å². The van der Waals surface area contributed by atoms with E-state index in [0.717, 1.165) is 5.56 Å². The first-order chi connectivity index (χ1) is 19.2. The maximum Gasteiger partial charge on any atom is 0.247 e. The van der Waals surface area contributed by atoms with Crippen LogP contribution in [0.4, 0.5) is 0 Å². The Kier molecular flexibility index (Phi) is 12.1. The van der Waals surface area contributed by atoms with Crippen molar-refractivity contribution in [2.24, 2.45) is 5.73 Å². The molecule has 0 saturated heterocycles. The first-order valence-electron chi connectivity index (χ1n) is 13.7. The summed E-state index contributed by atoms with van der Waals surface area (Å²) in [6.45, 7) is 12.8. The van der Waals surface area contributed by atoms with Crippen molar-refractivity contribution in [2.75, 3.05) is 19.7 Å². The summed E-state index contributed by atoms with van der Waals surface area (Å²) >= 11 is 6.03. The summed E-state index contributed by atoms with van der Waals surface area (Å²) in [5.41, 5.74) is 5.72. The third-order valence-electron chi connectivity index (χ3n) is 6.42. The zero-order chi connectivity index (χ0) is 31.0. The molecule has 1 aliphatic heterocycles. The SMILES string of the molecule is CC.CCN(CC1=C(c2ccc(Cl)cc2)S(=O)(=O)NC1(C)C)C(=O)[C@@H](COCc1ccccc1)NC(=O)C(C)(C)N. The number of benzene rings is 2. The number of rotatable bonds is 11. The van der Waals surface area contributed by atoms with E-state index in [1.54, 1.807) is 58.9 Å². The summed E-state index contributed by atoms with van der Waals surface area (Å²) in [4.78, 5) is 28.2. The minimum Gasteiger partial charge on any atom is -0.374 e. The molecule has 0 fully saturated rings. The Morgan fingerprint density at radius 1 is 1.10 bits per heavy atom. The number of likely N-dealkylation sites (N-methyl/N-ethyl adjacent to an activating group) is 1. The van der Waals surface area contributed by atoms with E-state index in [1.807, 2.05) is 44.2 Å². The monoisotopic (exact) mass is 606 g/mol. The first kappa shape index (κ1) is 34.4. The number of carbonyl (C=O) groups excluding carboxylic acids is 2. The number of hydrogen-bond donors (Lipinski definition) is 3. The van der Waals surface area contributed by atoms with Crippen LogP contribution in [0.2, 0.25) is 5.02 Å². The van der Waals surface area contributed by atoms with Gasteiger partial charge in [0, 0.05) is 18.1 Å². The molecule has 2 aromatic carbocycles. The van der Waals surface area contributed by atoms with Gasteiger partial charge in [-0.2, -0.15) is 0 Å². The van der Waals surface area contributed by atoms with Crippen molar-refractivity contribution in [1.82, 2.24) is 14.9 Å². The fraction of sp³-hybridized carbons (Fsp3) is 0.467. The molecule has 0 aliphatic carbocycles. The Balaban J connectivity index is 0.00000287. The number of sulfonamides is 1. The highest BCUT2D eigenvalue weighted by molar-refractivity contribution is 7.99. The molecule has 2 aromatic rings. The number of nitrogens with two attached hydrogens (primary N) is 1. The van der Waals surface area contributed by atoms with Gasteiger partial charge < -0.3 is 20.7 Å². The number of carbonyl (C=O) groups is 2. The topological polar surface area (TPSA) is 131 Å². The van der Waals surface area contributed by atoms with Gasteiger partial charge in [0.25, 0.3) is 0 Å². The molecule has 3 rings (SSSR count). The van der Waals surface area contributed by atoms with Crippen molar-refractivity contribution in [2.45, 2.75) is 72.2 Å². The molecule has 1 aliphatic rings. The Labute approximate surface area is 249 Å². The fourth-order valence-corrected chi connectivity index (χ4v) is 6.35. The van der Waals surface area contributed by atoms with Gasteiger partial charge in [-0.3, -0.25) is 9.59 Å². The van der Waals surface area contributed by atoms with E-state index in [9.17, 15) is 18.0 Å². The maximum atomic E-state index is 13.8. The largest absolute Gasteiger partial charge is 0.374 e. The van der Waals surface area contributed by atoms with Gasteiger partial charge in [-0.25, -0.2) is 13.1 Å². The Bertz CT molecular complexity index is 1320. The van der Waals surface area contributed by atoms with Crippen molar-refractivity contribution in [1.29, 1.82) is 0 Å². The summed E-state index contributed by atoms with van der Waals surface area (Å²) < 4.78 is 34.9. The van der Waals surface area contributed by atoms with Gasteiger partial charge in [-0.1, -0.05) is 67.9 Å². The van der Waals surface area contributed by atoms with Crippen LogP contribution >= 0.6 is 11.6 Å². The zero-order valence-electron chi connectivity index (χ0n) is 25.0. The van der Waals surface area contributed by atoms with Crippen molar-refractivity contribution in [3.63, 3.8) is 0 Å². The molecule has 41 heavy (non-hydrogen) atoms. The summed E-state index contributed by atoms with van der Waals surface area (Å²) in [6, 6.07) is 15.0. The number of hydrogen-bond acceptors (Lipinski definition) is 6. The fourth-order valence-electron chi connectivity index (χ4n) is 4.24. The van der Waals surface area contributed by atoms with Gasteiger partial charge >= 0.3 is 0 Å². The number of nitrogens with one attached hydrogen (secondary N) is 2. The minimum absolute atomic E-state index is 0.0175. The molecule has 11 heteroatoms. The third kappa shape index (κ3) is 9.11. The lowest BCUT2D eigenvalue weighted by atomic mass is 9.92. The average Bonchev–Trinajstić information content (AvgIpc) is 3.10. The summed E-state index contributed by atoms with van der Waals surface area (Å²) in [5.74, 6) is -0.919. The molecular formula is C30H43ClN4O5S. The second-order valence-corrected chi connectivity index (χ2v) is 12.7. The molecule has 1 heterocycles. The van der Waals surface area contributed by atoms with Gasteiger partial charge in [0.1, 0.15) is 6.04 Å². The van der Waals surface area contributed by atoms with E-state index >= 15 is 0 Å². The van der Waals surface area contributed by atoms with E-state index in [2.05, 4.69) is 10.0 Å². The zero-order valence-corrected chi connectivity index (χ0v) is 26.5. The normalized spacial score (nSPS) is 16.4. The molecule has 4 N–H and O–H groups in total. The third-order valence-corrected chi connectivity index (χ3v) is 8.47. The average molecular weight is 607 g/mol. The van der Waals surface area contributed by atoms with E-state index in [-0.39, 0.29) is 31.2 Å². The maximum absolute atomic E-state index is 13.8. The highest BCUT2D eigenvalue weighted by Crippen LogP contribution is 2.38. The number of halogens is 1. The molecule has 0 spiro atoms. The summed E-state index contributed by atoms with van der Waals surface area (Å²) in [6.07, 6.45) is 0. The van der Waals surface area contributed by atoms with Crippen LogP contribution in [0.15, 0.2) is 60.2 Å². The number of amides is 2. The molecule has 226 valence electrons. The Morgan fingerprint density at radius 2 is 1.68 bits per heavy atom. The highest BCUT2D eigenvalue weighted by Gasteiger charge is 2.44. The minimum atomic E-state index is -3.86. The van der Waals surface area contributed by atoms with E-state index in [4.69, 9.17) is 22.1 Å².